The Balaban J connectivity index is 0.00000338. The molecule has 7 heteroatoms. The highest BCUT2D eigenvalue weighted by atomic mass is 127. The number of amides is 1. The number of nitrogens with one attached hydrogen (secondary N) is 3. The molecule has 140 valence electrons. The highest BCUT2D eigenvalue weighted by Gasteiger charge is 2.01. The number of benzene rings is 2. The van der Waals surface area contributed by atoms with E-state index < -0.39 is 0 Å². The minimum Gasteiger partial charge on any atom is -0.357 e. The van der Waals surface area contributed by atoms with Crippen molar-refractivity contribution in [3.05, 3.63) is 65.5 Å². The molecule has 0 aliphatic heterocycles. The molecular weight excluding hydrogens is 446 g/mol. The summed E-state index contributed by atoms with van der Waals surface area (Å²) in [7, 11) is 0. The maximum atomic E-state index is 12.9. The summed E-state index contributed by atoms with van der Waals surface area (Å²) in [5, 5.41) is 9.16. The Morgan fingerprint density at radius 2 is 1.81 bits per heavy atom. The van der Waals surface area contributed by atoms with Gasteiger partial charge in [-0.15, -0.1) is 24.0 Å². The van der Waals surface area contributed by atoms with Gasteiger partial charge in [-0.1, -0.05) is 24.3 Å². The zero-order chi connectivity index (χ0) is 18.1. The van der Waals surface area contributed by atoms with Crippen molar-refractivity contribution in [2.24, 2.45) is 4.99 Å². The van der Waals surface area contributed by atoms with E-state index in [0.717, 1.165) is 23.4 Å². The van der Waals surface area contributed by atoms with Gasteiger partial charge in [-0.05, 0) is 42.3 Å². The summed E-state index contributed by atoms with van der Waals surface area (Å²) < 4.78 is 12.9. The van der Waals surface area contributed by atoms with Gasteiger partial charge in [-0.2, -0.15) is 0 Å². The Morgan fingerprint density at radius 1 is 1.08 bits per heavy atom. The van der Waals surface area contributed by atoms with E-state index in [0.29, 0.717) is 19.0 Å². The third kappa shape index (κ3) is 7.81. The third-order valence-electron chi connectivity index (χ3n) is 3.38. The maximum Gasteiger partial charge on any atom is 0.221 e. The SMILES string of the molecule is CCNC(=NCc1cccc(NC(C)=O)c1)NCc1ccc(F)cc1.I. The van der Waals surface area contributed by atoms with Crippen LogP contribution >= 0.6 is 24.0 Å². The van der Waals surface area contributed by atoms with Crippen molar-refractivity contribution in [3.63, 3.8) is 0 Å². The first kappa shape index (κ1) is 21.9. The minimum absolute atomic E-state index is 0. The lowest BCUT2D eigenvalue weighted by Crippen LogP contribution is -2.36. The molecule has 2 aromatic carbocycles. The van der Waals surface area contributed by atoms with Crippen LogP contribution < -0.4 is 16.0 Å². The number of carbonyl (C=O) groups is 1. The van der Waals surface area contributed by atoms with Crippen LogP contribution in [0, 0.1) is 5.82 Å². The molecule has 3 N–H and O–H groups in total. The predicted molar refractivity (Wildman–Crippen MR) is 114 cm³/mol. The molecule has 0 saturated heterocycles. The summed E-state index contributed by atoms with van der Waals surface area (Å²) in [6, 6.07) is 13.9. The van der Waals surface area contributed by atoms with Crippen LogP contribution in [-0.2, 0) is 17.9 Å². The van der Waals surface area contributed by atoms with E-state index in [4.69, 9.17) is 0 Å². The van der Waals surface area contributed by atoms with Crippen molar-refractivity contribution in [1.82, 2.24) is 10.6 Å². The average Bonchev–Trinajstić information content (AvgIpc) is 2.58. The molecule has 1 amide bonds. The second kappa shape index (κ2) is 11.5. The van der Waals surface area contributed by atoms with E-state index >= 15 is 0 Å². The van der Waals surface area contributed by atoms with Gasteiger partial charge in [0.1, 0.15) is 5.82 Å². The van der Waals surface area contributed by atoms with Crippen LogP contribution in [0.1, 0.15) is 25.0 Å². The average molecular weight is 470 g/mol. The van der Waals surface area contributed by atoms with Gasteiger partial charge < -0.3 is 16.0 Å². The monoisotopic (exact) mass is 470 g/mol. The quantitative estimate of drug-likeness (QED) is 0.343. The first-order chi connectivity index (χ1) is 12.1. The van der Waals surface area contributed by atoms with E-state index in [-0.39, 0.29) is 35.7 Å². The van der Waals surface area contributed by atoms with Gasteiger partial charge in [0.2, 0.25) is 5.91 Å². The molecule has 0 aromatic heterocycles. The zero-order valence-electron chi connectivity index (χ0n) is 14.9. The van der Waals surface area contributed by atoms with Crippen molar-refractivity contribution in [1.29, 1.82) is 0 Å². The van der Waals surface area contributed by atoms with E-state index in [2.05, 4.69) is 20.9 Å². The molecule has 0 saturated carbocycles. The van der Waals surface area contributed by atoms with Gasteiger partial charge in [0.05, 0.1) is 6.54 Å². The lowest BCUT2D eigenvalue weighted by atomic mass is 10.2. The Morgan fingerprint density at radius 3 is 2.46 bits per heavy atom. The van der Waals surface area contributed by atoms with E-state index in [9.17, 15) is 9.18 Å². The molecule has 0 aliphatic carbocycles. The number of aliphatic imine (C=N–C) groups is 1. The van der Waals surface area contributed by atoms with Crippen molar-refractivity contribution in [2.75, 3.05) is 11.9 Å². The highest BCUT2D eigenvalue weighted by Crippen LogP contribution is 2.11. The molecular formula is C19H24FIN4O. The summed E-state index contributed by atoms with van der Waals surface area (Å²) in [5.74, 6) is 0.329. The molecule has 0 fully saturated rings. The van der Waals surface area contributed by atoms with Crippen molar-refractivity contribution in [2.45, 2.75) is 26.9 Å². The topological polar surface area (TPSA) is 65.5 Å². The van der Waals surface area contributed by atoms with Crippen molar-refractivity contribution < 1.29 is 9.18 Å². The van der Waals surface area contributed by atoms with Crippen molar-refractivity contribution >= 4 is 41.5 Å². The first-order valence-electron chi connectivity index (χ1n) is 8.20. The third-order valence-corrected chi connectivity index (χ3v) is 3.38. The Hall–Kier alpha value is -2.16. The number of halogens is 2. The first-order valence-corrected chi connectivity index (χ1v) is 8.20. The summed E-state index contributed by atoms with van der Waals surface area (Å²) in [6.45, 7) is 5.24. The second-order valence-electron chi connectivity index (χ2n) is 5.56. The van der Waals surface area contributed by atoms with Crippen LogP contribution in [-0.4, -0.2) is 18.4 Å². The molecule has 5 nitrogen and oxygen atoms in total. The molecule has 26 heavy (non-hydrogen) atoms. The van der Waals surface area contributed by atoms with Gasteiger partial charge in [-0.3, -0.25) is 4.79 Å². The largest absolute Gasteiger partial charge is 0.357 e. The Labute approximate surface area is 170 Å². The minimum atomic E-state index is -0.247. The fourth-order valence-electron chi connectivity index (χ4n) is 2.25. The zero-order valence-corrected chi connectivity index (χ0v) is 17.2. The molecule has 0 heterocycles. The highest BCUT2D eigenvalue weighted by molar-refractivity contribution is 14.0. The summed E-state index contributed by atoms with van der Waals surface area (Å²) in [6.07, 6.45) is 0. The number of rotatable bonds is 6. The summed E-state index contributed by atoms with van der Waals surface area (Å²) >= 11 is 0. The predicted octanol–water partition coefficient (Wildman–Crippen LogP) is 3.66. The fraction of sp³-hybridized carbons (Fsp3) is 0.263. The number of carbonyl (C=O) groups excluding carboxylic acids is 1. The molecule has 0 unspecified atom stereocenters. The summed E-state index contributed by atoms with van der Waals surface area (Å²) in [5.41, 5.74) is 2.72. The lowest BCUT2D eigenvalue weighted by Gasteiger charge is -2.11. The molecule has 2 aromatic rings. The Bertz CT molecular complexity index is 735. The van der Waals surface area contributed by atoms with E-state index in [1.165, 1.54) is 19.1 Å². The van der Waals surface area contributed by atoms with Crippen LogP contribution in [0.4, 0.5) is 10.1 Å². The van der Waals surface area contributed by atoms with Crippen LogP contribution in [0.5, 0.6) is 0 Å². The number of guanidine groups is 1. The van der Waals surface area contributed by atoms with Crippen LogP contribution in [0.25, 0.3) is 0 Å². The van der Waals surface area contributed by atoms with E-state index in [1.807, 2.05) is 31.2 Å². The maximum absolute atomic E-state index is 12.9. The van der Waals surface area contributed by atoms with Crippen LogP contribution in [0.2, 0.25) is 0 Å². The molecule has 2 rings (SSSR count). The van der Waals surface area contributed by atoms with Gasteiger partial charge in [0, 0.05) is 25.7 Å². The fourth-order valence-corrected chi connectivity index (χ4v) is 2.25. The van der Waals surface area contributed by atoms with Gasteiger partial charge in [-0.25, -0.2) is 9.38 Å². The normalized spacial score (nSPS) is 10.7. The number of nitrogens with zero attached hydrogens (tertiary/aromatic N) is 1. The smallest absolute Gasteiger partial charge is 0.221 e. The second-order valence-corrected chi connectivity index (χ2v) is 5.56. The molecule has 0 bridgehead atoms. The Kier molecular flexibility index (Phi) is 9.64. The molecule has 0 spiro atoms. The molecule has 0 atom stereocenters. The van der Waals surface area contributed by atoms with Crippen LogP contribution in [0.15, 0.2) is 53.5 Å². The lowest BCUT2D eigenvalue weighted by molar-refractivity contribution is -0.114. The standard InChI is InChI=1S/C19H23FN4O.HI/c1-3-21-19(22-12-15-7-9-17(20)10-8-15)23-13-16-5-4-6-18(11-16)24-14(2)25;/h4-11H,3,12-13H2,1-2H3,(H,24,25)(H2,21,22,23);1H. The summed E-state index contributed by atoms with van der Waals surface area (Å²) in [4.78, 5) is 15.7. The molecule has 0 radical (unpaired) electrons. The van der Waals surface area contributed by atoms with Gasteiger partial charge in [0.25, 0.3) is 0 Å². The van der Waals surface area contributed by atoms with Crippen molar-refractivity contribution in [3.8, 4) is 0 Å². The number of hydrogen-bond acceptors (Lipinski definition) is 2. The van der Waals surface area contributed by atoms with Crippen LogP contribution in [0.3, 0.4) is 0 Å². The van der Waals surface area contributed by atoms with E-state index in [1.54, 1.807) is 12.1 Å². The molecule has 0 aliphatic rings. The number of hydrogen-bond donors (Lipinski definition) is 3. The van der Waals surface area contributed by atoms with Gasteiger partial charge >= 0.3 is 0 Å². The number of anilines is 1. The van der Waals surface area contributed by atoms with Gasteiger partial charge in [0.15, 0.2) is 5.96 Å².